The standard InChI is InChI=1S/C22H32F2N4O4/c1-21(2,3)17(16-20(25-4)32-16)27-18(29)14-7-8-15(28-11-22(23,24)12-28)19(26-14)31-10-13-6-5-9-30-13/h7-8,13,16-17,20,25H,5-6,9-12H2,1-4H3,(H,27,29)/t13?,16?,17-,20?/m1/s1. The minimum absolute atomic E-state index is 0.0595. The monoisotopic (exact) mass is 454 g/mol. The van der Waals surface area contributed by atoms with E-state index in [4.69, 9.17) is 14.2 Å². The molecular weight excluding hydrogens is 422 g/mol. The number of carbonyl (C=O) groups excluding carboxylic acids is 1. The van der Waals surface area contributed by atoms with Crippen molar-refractivity contribution in [3.05, 3.63) is 17.8 Å². The summed E-state index contributed by atoms with van der Waals surface area (Å²) in [4.78, 5) is 19.0. The van der Waals surface area contributed by atoms with E-state index >= 15 is 0 Å². The van der Waals surface area contributed by atoms with E-state index < -0.39 is 19.0 Å². The van der Waals surface area contributed by atoms with E-state index in [1.807, 2.05) is 27.8 Å². The molecule has 1 amide bonds. The van der Waals surface area contributed by atoms with Crippen LogP contribution in [0.4, 0.5) is 14.5 Å². The van der Waals surface area contributed by atoms with E-state index in [2.05, 4.69) is 15.6 Å². The van der Waals surface area contributed by atoms with Gasteiger partial charge >= 0.3 is 0 Å². The second-order valence-corrected chi connectivity index (χ2v) is 9.81. The van der Waals surface area contributed by atoms with Crippen molar-refractivity contribution < 1.29 is 27.8 Å². The number of hydrogen-bond donors (Lipinski definition) is 2. The summed E-state index contributed by atoms with van der Waals surface area (Å²) in [7, 11) is 1.81. The molecule has 0 saturated carbocycles. The summed E-state index contributed by atoms with van der Waals surface area (Å²) in [6, 6.07) is 2.93. The highest BCUT2D eigenvalue weighted by atomic mass is 19.3. The summed E-state index contributed by atoms with van der Waals surface area (Å²) in [6.07, 6.45) is 1.53. The number of amides is 1. The normalized spacial score (nSPS) is 27.6. The van der Waals surface area contributed by atoms with Crippen LogP contribution >= 0.6 is 0 Å². The predicted molar refractivity (Wildman–Crippen MR) is 114 cm³/mol. The van der Waals surface area contributed by atoms with E-state index in [1.165, 1.54) is 4.90 Å². The second kappa shape index (κ2) is 8.72. The van der Waals surface area contributed by atoms with E-state index in [0.29, 0.717) is 12.3 Å². The average Bonchev–Trinajstić information content (AvgIpc) is 3.29. The van der Waals surface area contributed by atoms with Crippen LogP contribution in [0.25, 0.3) is 0 Å². The summed E-state index contributed by atoms with van der Waals surface area (Å²) in [5.74, 6) is -2.92. The van der Waals surface area contributed by atoms with Crippen LogP contribution in [-0.2, 0) is 9.47 Å². The van der Waals surface area contributed by atoms with Gasteiger partial charge in [0.25, 0.3) is 11.8 Å². The molecule has 1 aromatic rings. The Morgan fingerprint density at radius 1 is 1.38 bits per heavy atom. The molecule has 4 atom stereocenters. The van der Waals surface area contributed by atoms with Gasteiger partial charge < -0.3 is 24.4 Å². The Hall–Kier alpha value is -2.04. The van der Waals surface area contributed by atoms with Crippen molar-refractivity contribution in [3.8, 4) is 5.88 Å². The molecule has 2 N–H and O–H groups in total. The zero-order chi connectivity index (χ0) is 23.1. The molecule has 3 aliphatic rings. The van der Waals surface area contributed by atoms with E-state index in [1.54, 1.807) is 12.1 Å². The largest absolute Gasteiger partial charge is 0.473 e. The molecule has 0 aromatic carbocycles. The van der Waals surface area contributed by atoms with Crippen molar-refractivity contribution >= 4 is 11.6 Å². The number of ether oxygens (including phenoxy) is 3. The highest BCUT2D eigenvalue weighted by Gasteiger charge is 2.49. The molecule has 0 bridgehead atoms. The molecule has 3 saturated heterocycles. The molecule has 1 aromatic heterocycles. The average molecular weight is 455 g/mol. The van der Waals surface area contributed by atoms with E-state index in [9.17, 15) is 13.6 Å². The van der Waals surface area contributed by atoms with E-state index in [-0.39, 0.29) is 54.0 Å². The van der Waals surface area contributed by atoms with Crippen molar-refractivity contribution in [2.45, 2.75) is 64.0 Å². The van der Waals surface area contributed by atoms with Crippen LogP contribution in [0.15, 0.2) is 12.1 Å². The summed E-state index contributed by atoms with van der Waals surface area (Å²) in [5, 5.41) is 6.09. The fourth-order valence-electron chi connectivity index (χ4n) is 4.15. The molecule has 0 spiro atoms. The van der Waals surface area contributed by atoms with Crippen molar-refractivity contribution in [2.75, 3.05) is 38.3 Å². The van der Waals surface area contributed by atoms with Crippen LogP contribution in [-0.4, -0.2) is 74.6 Å². The lowest BCUT2D eigenvalue weighted by molar-refractivity contribution is -0.0266. The summed E-state index contributed by atoms with van der Waals surface area (Å²) >= 11 is 0. The molecule has 4 rings (SSSR count). The van der Waals surface area contributed by atoms with Gasteiger partial charge in [0, 0.05) is 6.61 Å². The van der Waals surface area contributed by atoms with Crippen LogP contribution in [0.1, 0.15) is 44.1 Å². The van der Waals surface area contributed by atoms with Gasteiger partial charge in [0.05, 0.1) is 25.2 Å². The fraction of sp³-hybridized carbons (Fsp3) is 0.727. The molecule has 32 heavy (non-hydrogen) atoms. The molecule has 10 heteroatoms. The first-order valence-corrected chi connectivity index (χ1v) is 11.1. The molecule has 3 aliphatic heterocycles. The Balaban J connectivity index is 1.51. The minimum Gasteiger partial charge on any atom is -0.473 e. The number of epoxide rings is 1. The molecule has 0 radical (unpaired) electrons. The maximum Gasteiger partial charge on any atom is 0.282 e. The minimum atomic E-state index is -2.73. The molecular formula is C22H32F2N4O4. The van der Waals surface area contributed by atoms with Gasteiger partial charge in [-0.1, -0.05) is 20.8 Å². The summed E-state index contributed by atoms with van der Waals surface area (Å²) in [5.41, 5.74) is 0.381. The number of hydrogen-bond acceptors (Lipinski definition) is 7. The lowest BCUT2D eigenvalue weighted by Crippen LogP contribution is -2.56. The molecule has 8 nitrogen and oxygen atoms in total. The smallest absolute Gasteiger partial charge is 0.282 e. The van der Waals surface area contributed by atoms with Crippen molar-refractivity contribution in [2.24, 2.45) is 5.41 Å². The van der Waals surface area contributed by atoms with Gasteiger partial charge in [-0.2, -0.15) is 0 Å². The number of nitrogens with zero attached hydrogens (tertiary/aromatic N) is 2. The Kier molecular flexibility index (Phi) is 6.30. The zero-order valence-corrected chi connectivity index (χ0v) is 19.0. The van der Waals surface area contributed by atoms with Crippen molar-refractivity contribution in [1.29, 1.82) is 0 Å². The van der Waals surface area contributed by atoms with Crippen LogP contribution in [0, 0.1) is 5.41 Å². The molecule has 0 aliphatic carbocycles. The quantitative estimate of drug-likeness (QED) is 0.582. The maximum atomic E-state index is 13.4. The van der Waals surface area contributed by atoms with Gasteiger partial charge in [-0.05, 0) is 37.4 Å². The third-order valence-corrected chi connectivity index (χ3v) is 6.05. The summed E-state index contributed by atoms with van der Waals surface area (Å²) < 4.78 is 44.0. The molecule has 3 fully saturated rings. The second-order valence-electron chi connectivity index (χ2n) is 9.81. The molecule has 178 valence electrons. The van der Waals surface area contributed by atoms with Gasteiger partial charge in [-0.25, -0.2) is 13.8 Å². The number of anilines is 1. The number of nitrogens with one attached hydrogen (secondary N) is 2. The Morgan fingerprint density at radius 2 is 2.12 bits per heavy atom. The van der Waals surface area contributed by atoms with Crippen molar-refractivity contribution in [3.63, 3.8) is 0 Å². The van der Waals surface area contributed by atoms with Gasteiger partial charge in [-0.3, -0.25) is 10.1 Å². The first-order chi connectivity index (χ1) is 15.1. The van der Waals surface area contributed by atoms with Gasteiger partial charge in [0.2, 0.25) is 5.88 Å². The maximum absolute atomic E-state index is 13.4. The lowest BCUT2D eigenvalue weighted by Gasteiger charge is -2.40. The first kappa shape index (κ1) is 23.1. The molecule has 3 unspecified atom stereocenters. The number of carbonyl (C=O) groups is 1. The number of alkyl halides is 2. The highest BCUT2D eigenvalue weighted by Crippen LogP contribution is 2.37. The van der Waals surface area contributed by atoms with Gasteiger partial charge in [0.1, 0.15) is 30.3 Å². The summed E-state index contributed by atoms with van der Waals surface area (Å²) in [6.45, 7) is 6.25. The number of halogens is 2. The van der Waals surface area contributed by atoms with Crippen LogP contribution in [0.2, 0.25) is 0 Å². The third-order valence-electron chi connectivity index (χ3n) is 6.05. The van der Waals surface area contributed by atoms with E-state index in [0.717, 1.165) is 12.8 Å². The first-order valence-electron chi connectivity index (χ1n) is 11.1. The van der Waals surface area contributed by atoms with Crippen LogP contribution in [0.5, 0.6) is 5.88 Å². The highest BCUT2D eigenvalue weighted by molar-refractivity contribution is 5.93. The number of pyridine rings is 1. The number of rotatable bonds is 8. The number of aromatic nitrogens is 1. The third kappa shape index (κ3) is 5.13. The predicted octanol–water partition coefficient (Wildman–Crippen LogP) is 2.18. The van der Waals surface area contributed by atoms with Crippen LogP contribution in [0.3, 0.4) is 0 Å². The van der Waals surface area contributed by atoms with Gasteiger partial charge in [-0.15, -0.1) is 0 Å². The fourth-order valence-corrected chi connectivity index (χ4v) is 4.15. The Bertz CT molecular complexity index is 834. The Labute approximate surface area is 187 Å². The number of likely N-dealkylation sites (N-methyl/N-ethyl adjacent to an activating group) is 1. The van der Waals surface area contributed by atoms with Gasteiger partial charge in [0.15, 0.2) is 0 Å². The molecule has 4 heterocycles. The SMILES string of the molecule is CNC1OC1[C@@H](NC(=O)c1ccc(N2CC(F)(F)C2)c(OCC2CCCO2)n1)C(C)(C)C. The topological polar surface area (TPSA) is 88.2 Å². The van der Waals surface area contributed by atoms with Crippen LogP contribution < -0.4 is 20.3 Å². The zero-order valence-electron chi connectivity index (χ0n) is 19.0. The lowest BCUT2D eigenvalue weighted by atomic mass is 9.84. The van der Waals surface area contributed by atoms with Crippen molar-refractivity contribution in [1.82, 2.24) is 15.6 Å². The Morgan fingerprint density at radius 3 is 2.69 bits per heavy atom.